The first-order chi connectivity index (χ1) is 12.6. The van der Waals surface area contributed by atoms with Gasteiger partial charge in [0.1, 0.15) is 17.7 Å². The third-order valence-corrected chi connectivity index (χ3v) is 3.94. The first-order valence-corrected chi connectivity index (χ1v) is 7.74. The van der Waals surface area contributed by atoms with Crippen LogP contribution in [-0.4, -0.2) is 49.2 Å². The predicted octanol–water partition coefficient (Wildman–Crippen LogP) is 0.675. The maximum Gasteiger partial charge on any atom is 0.326 e. The molecule has 1 rings (SSSR count). The lowest BCUT2D eigenvalue weighted by Crippen LogP contribution is -2.51. The van der Waals surface area contributed by atoms with Gasteiger partial charge in [-0.1, -0.05) is 13.0 Å². The molecule has 1 amide bonds. The van der Waals surface area contributed by atoms with Crippen molar-refractivity contribution in [2.24, 2.45) is 11.8 Å². The Bertz CT molecular complexity index is 702. The molecule has 2 N–H and O–H groups in total. The number of benzene rings is 1. The molecule has 0 aliphatic heterocycles. The number of aliphatic carboxylic acids is 1. The average Bonchev–Trinajstić information content (AvgIpc) is 2.62. The summed E-state index contributed by atoms with van der Waals surface area (Å²) < 4.78 is 36.2. The van der Waals surface area contributed by atoms with Crippen LogP contribution in [-0.2, 0) is 35.1 Å². The van der Waals surface area contributed by atoms with Crippen molar-refractivity contribution in [3.63, 3.8) is 0 Å². The molecule has 27 heavy (non-hydrogen) atoms. The number of methoxy groups -OCH3 is 2. The van der Waals surface area contributed by atoms with Crippen LogP contribution in [0.15, 0.2) is 18.2 Å². The summed E-state index contributed by atoms with van der Waals surface area (Å²) in [7, 11) is 2.00. The molecule has 0 aromatic heterocycles. The van der Waals surface area contributed by atoms with Gasteiger partial charge in [-0.25, -0.2) is 13.6 Å². The zero-order valence-corrected chi connectivity index (χ0v) is 14.8. The number of amides is 1. The molecule has 0 radical (unpaired) electrons. The molecule has 10 heteroatoms. The van der Waals surface area contributed by atoms with Gasteiger partial charge in [0.25, 0.3) is 0 Å². The van der Waals surface area contributed by atoms with E-state index in [4.69, 9.17) is 0 Å². The first-order valence-electron chi connectivity index (χ1n) is 7.74. The quantitative estimate of drug-likeness (QED) is 0.497. The molecule has 0 unspecified atom stereocenters. The van der Waals surface area contributed by atoms with Gasteiger partial charge in [-0.2, -0.15) is 0 Å². The van der Waals surface area contributed by atoms with Crippen molar-refractivity contribution in [2.75, 3.05) is 14.2 Å². The Morgan fingerprint density at radius 1 is 1.07 bits per heavy atom. The third kappa shape index (κ3) is 5.47. The predicted molar refractivity (Wildman–Crippen MR) is 86.3 cm³/mol. The molecule has 0 fully saturated rings. The number of hydrogen-bond donors (Lipinski definition) is 2. The lowest BCUT2D eigenvalue weighted by Gasteiger charge is -2.26. The molecule has 0 saturated heterocycles. The van der Waals surface area contributed by atoms with Crippen molar-refractivity contribution in [1.29, 1.82) is 0 Å². The fourth-order valence-electron chi connectivity index (χ4n) is 2.48. The molecule has 2 atom stereocenters. The molecule has 148 valence electrons. The zero-order chi connectivity index (χ0) is 20.7. The van der Waals surface area contributed by atoms with Gasteiger partial charge in [-0.15, -0.1) is 0 Å². The van der Waals surface area contributed by atoms with E-state index >= 15 is 0 Å². The molecule has 0 aliphatic rings. The highest BCUT2D eigenvalue weighted by Crippen LogP contribution is 2.20. The Labute approximate surface area is 153 Å². The summed E-state index contributed by atoms with van der Waals surface area (Å²) in [5.41, 5.74) is -0.538. The molecule has 0 saturated carbocycles. The SMILES string of the molecule is COC(=O)C(C(=O)OC)[C@@H](C)[C@@H](NC(=O)Cc1c(F)cccc1F)C(=O)O. The number of nitrogens with one attached hydrogen (secondary N) is 1. The monoisotopic (exact) mass is 387 g/mol. The Balaban J connectivity index is 3.03. The smallest absolute Gasteiger partial charge is 0.326 e. The van der Waals surface area contributed by atoms with Gasteiger partial charge in [0.2, 0.25) is 5.91 Å². The molecular weight excluding hydrogens is 368 g/mol. The zero-order valence-electron chi connectivity index (χ0n) is 14.8. The summed E-state index contributed by atoms with van der Waals surface area (Å²) in [6.45, 7) is 1.22. The van der Waals surface area contributed by atoms with Gasteiger partial charge < -0.3 is 19.9 Å². The van der Waals surface area contributed by atoms with E-state index in [1.165, 1.54) is 6.92 Å². The van der Waals surface area contributed by atoms with E-state index in [1.54, 1.807) is 0 Å². The van der Waals surface area contributed by atoms with E-state index in [1.807, 2.05) is 0 Å². The molecule has 1 aromatic carbocycles. The van der Waals surface area contributed by atoms with E-state index in [-0.39, 0.29) is 0 Å². The number of ether oxygens (including phenoxy) is 2. The highest BCUT2D eigenvalue weighted by atomic mass is 19.1. The van der Waals surface area contributed by atoms with Crippen LogP contribution in [0.4, 0.5) is 8.78 Å². The van der Waals surface area contributed by atoms with Crippen molar-refractivity contribution in [2.45, 2.75) is 19.4 Å². The van der Waals surface area contributed by atoms with Gasteiger partial charge in [0, 0.05) is 11.5 Å². The number of esters is 2. The maximum absolute atomic E-state index is 13.6. The van der Waals surface area contributed by atoms with E-state index < -0.39 is 65.3 Å². The minimum absolute atomic E-state index is 0.538. The summed E-state index contributed by atoms with van der Waals surface area (Å²) in [5, 5.41) is 11.4. The second-order valence-electron chi connectivity index (χ2n) is 5.64. The normalized spacial score (nSPS) is 12.8. The van der Waals surface area contributed by atoms with Gasteiger partial charge >= 0.3 is 17.9 Å². The van der Waals surface area contributed by atoms with Crippen LogP contribution in [0.3, 0.4) is 0 Å². The van der Waals surface area contributed by atoms with Crippen molar-refractivity contribution in [3.05, 3.63) is 35.4 Å². The minimum Gasteiger partial charge on any atom is -0.480 e. The number of carboxylic acids is 1. The van der Waals surface area contributed by atoms with Crippen LogP contribution in [0.1, 0.15) is 12.5 Å². The Kier molecular flexibility index (Phi) is 7.82. The van der Waals surface area contributed by atoms with Crippen molar-refractivity contribution < 1.29 is 42.5 Å². The number of carbonyl (C=O) groups excluding carboxylic acids is 3. The Morgan fingerprint density at radius 2 is 1.56 bits per heavy atom. The summed E-state index contributed by atoms with van der Waals surface area (Å²) in [4.78, 5) is 47.3. The number of rotatable bonds is 8. The van der Waals surface area contributed by atoms with Crippen molar-refractivity contribution in [3.8, 4) is 0 Å². The fraction of sp³-hybridized carbons (Fsp3) is 0.412. The van der Waals surface area contributed by atoms with Crippen LogP contribution in [0.25, 0.3) is 0 Å². The highest BCUT2D eigenvalue weighted by molar-refractivity contribution is 5.96. The van der Waals surface area contributed by atoms with E-state index in [0.29, 0.717) is 0 Å². The minimum atomic E-state index is -1.71. The van der Waals surface area contributed by atoms with E-state index in [0.717, 1.165) is 32.4 Å². The largest absolute Gasteiger partial charge is 0.480 e. The highest BCUT2D eigenvalue weighted by Gasteiger charge is 2.42. The van der Waals surface area contributed by atoms with Crippen LogP contribution in [0.5, 0.6) is 0 Å². The molecular formula is C17H19F2NO7. The topological polar surface area (TPSA) is 119 Å². The summed E-state index contributed by atoms with van der Waals surface area (Å²) >= 11 is 0. The number of hydrogen-bond acceptors (Lipinski definition) is 6. The Hall–Kier alpha value is -3.04. The second-order valence-corrected chi connectivity index (χ2v) is 5.64. The van der Waals surface area contributed by atoms with E-state index in [9.17, 15) is 33.1 Å². The Morgan fingerprint density at radius 3 is 1.96 bits per heavy atom. The number of carbonyl (C=O) groups is 4. The second kappa shape index (κ2) is 9.60. The van der Waals surface area contributed by atoms with Crippen LogP contribution < -0.4 is 5.32 Å². The number of halogens is 2. The molecule has 0 heterocycles. The molecule has 0 spiro atoms. The van der Waals surface area contributed by atoms with Crippen LogP contribution in [0.2, 0.25) is 0 Å². The first kappa shape index (κ1) is 22.0. The third-order valence-electron chi connectivity index (χ3n) is 3.94. The van der Waals surface area contributed by atoms with Gasteiger partial charge in [0.15, 0.2) is 5.92 Å². The molecule has 1 aromatic rings. The summed E-state index contributed by atoms with van der Waals surface area (Å²) in [6, 6.07) is 1.31. The maximum atomic E-state index is 13.6. The molecule has 8 nitrogen and oxygen atoms in total. The van der Waals surface area contributed by atoms with Gasteiger partial charge in [0.05, 0.1) is 20.6 Å². The summed E-state index contributed by atoms with van der Waals surface area (Å²) in [5.74, 6) is -9.47. The average molecular weight is 387 g/mol. The molecule has 0 bridgehead atoms. The standard InChI is InChI=1S/C17H19F2NO7/c1-8(13(16(24)26-2)17(25)27-3)14(15(22)23)20-12(21)7-9-10(18)5-4-6-11(9)19/h4-6,8,13-14H,7H2,1-3H3,(H,20,21)(H,22,23)/t8-,14-/m1/s1. The summed E-state index contributed by atoms with van der Waals surface area (Å²) in [6.07, 6.45) is -0.768. The number of carboxylic acid groups (broad SMARTS) is 1. The lowest BCUT2D eigenvalue weighted by atomic mass is 9.87. The van der Waals surface area contributed by atoms with Gasteiger partial charge in [-0.3, -0.25) is 14.4 Å². The lowest BCUT2D eigenvalue weighted by molar-refractivity contribution is -0.163. The fourth-order valence-corrected chi connectivity index (χ4v) is 2.48. The van der Waals surface area contributed by atoms with Gasteiger partial charge in [-0.05, 0) is 12.1 Å². The van der Waals surface area contributed by atoms with Crippen LogP contribution >= 0.6 is 0 Å². The van der Waals surface area contributed by atoms with E-state index in [2.05, 4.69) is 14.8 Å². The molecule has 0 aliphatic carbocycles. The van der Waals surface area contributed by atoms with Crippen molar-refractivity contribution >= 4 is 23.8 Å². The van der Waals surface area contributed by atoms with Crippen molar-refractivity contribution in [1.82, 2.24) is 5.32 Å². The van der Waals surface area contributed by atoms with Crippen LogP contribution in [0, 0.1) is 23.5 Å².